The molecule has 18 heavy (non-hydrogen) atoms. The molecular formula is C14H21N3O. The van der Waals surface area contributed by atoms with Crippen molar-refractivity contribution in [3.63, 3.8) is 0 Å². The summed E-state index contributed by atoms with van der Waals surface area (Å²) in [5.74, 6) is 1.30. The van der Waals surface area contributed by atoms with Crippen molar-refractivity contribution in [2.24, 2.45) is 11.7 Å². The molecule has 0 saturated carbocycles. The lowest BCUT2D eigenvalue weighted by Crippen LogP contribution is -2.25. The van der Waals surface area contributed by atoms with Crippen molar-refractivity contribution in [1.29, 1.82) is 0 Å². The van der Waals surface area contributed by atoms with Crippen LogP contribution in [0.5, 0.6) is 0 Å². The molecule has 0 spiro atoms. The number of nitrogens with two attached hydrogens (primary N) is 1. The number of anilines is 1. The van der Waals surface area contributed by atoms with Crippen LogP contribution in [0.4, 0.5) is 5.69 Å². The Hall–Kier alpha value is -1.55. The summed E-state index contributed by atoms with van der Waals surface area (Å²) in [7, 11) is 2.10. The van der Waals surface area contributed by atoms with Gasteiger partial charge in [-0.15, -0.1) is 0 Å². The second-order valence-corrected chi connectivity index (χ2v) is 4.95. The van der Waals surface area contributed by atoms with Crippen LogP contribution in [0.25, 0.3) is 11.1 Å². The van der Waals surface area contributed by atoms with E-state index in [1.165, 1.54) is 5.69 Å². The number of hydrogen-bond donors (Lipinski definition) is 1. The van der Waals surface area contributed by atoms with E-state index in [0.29, 0.717) is 11.8 Å². The van der Waals surface area contributed by atoms with Crippen LogP contribution in [-0.2, 0) is 0 Å². The molecule has 2 N–H and O–H groups in total. The minimum absolute atomic E-state index is 0.592. The second kappa shape index (κ2) is 5.40. The van der Waals surface area contributed by atoms with E-state index in [9.17, 15) is 0 Å². The molecule has 1 atom stereocenters. The number of aromatic nitrogens is 1. The standard InChI is InChI=1S/C14H21N3O/c1-10(6-7-15)9-17(3)12-4-5-14-13(8-12)16-11(2)18-14/h4-5,8,10H,6-7,9,15H2,1-3H3. The Morgan fingerprint density at radius 3 is 2.94 bits per heavy atom. The smallest absolute Gasteiger partial charge is 0.192 e. The average Bonchev–Trinajstić information content (AvgIpc) is 2.68. The lowest BCUT2D eigenvalue weighted by Gasteiger charge is -2.23. The highest BCUT2D eigenvalue weighted by atomic mass is 16.3. The van der Waals surface area contributed by atoms with Crippen molar-refractivity contribution in [3.8, 4) is 0 Å². The number of hydrogen-bond acceptors (Lipinski definition) is 4. The Balaban J connectivity index is 2.14. The largest absolute Gasteiger partial charge is 0.441 e. The topological polar surface area (TPSA) is 55.3 Å². The van der Waals surface area contributed by atoms with E-state index in [2.05, 4.69) is 36.0 Å². The van der Waals surface area contributed by atoms with Gasteiger partial charge in [-0.05, 0) is 37.1 Å². The molecule has 0 aliphatic heterocycles. The van der Waals surface area contributed by atoms with Crippen LogP contribution in [0.3, 0.4) is 0 Å². The van der Waals surface area contributed by atoms with E-state index >= 15 is 0 Å². The molecule has 1 unspecified atom stereocenters. The second-order valence-electron chi connectivity index (χ2n) is 4.95. The quantitative estimate of drug-likeness (QED) is 0.882. The van der Waals surface area contributed by atoms with Gasteiger partial charge in [0.1, 0.15) is 5.52 Å². The number of fused-ring (bicyclic) bond motifs is 1. The molecule has 1 aromatic carbocycles. The van der Waals surface area contributed by atoms with Crippen LogP contribution < -0.4 is 10.6 Å². The zero-order valence-corrected chi connectivity index (χ0v) is 11.3. The summed E-state index contributed by atoms with van der Waals surface area (Å²) in [4.78, 5) is 6.60. The van der Waals surface area contributed by atoms with E-state index in [-0.39, 0.29) is 0 Å². The van der Waals surface area contributed by atoms with Crippen molar-refractivity contribution >= 4 is 16.8 Å². The summed E-state index contributed by atoms with van der Waals surface area (Å²) in [6.45, 7) is 5.84. The molecule has 0 bridgehead atoms. The predicted molar refractivity (Wildman–Crippen MR) is 74.9 cm³/mol. The van der Waals surface area contributed by atoms with Crippen LogP contribution in [0.2, 0.25) is 0 Å². The van der Waals surface area contributed by atoms with Crippen molar-refractivity contribution in [3.05, 3.63) is 24.1 Å². The Bertz CT molecular complexity index is 521. The van der Waals surface area contributed by atoms with E-state index in [4.69, 9.17) is 10.2 Å². The van der Waals surface area contributed by atoms with Crippen molar-refractivity contribution in [1.82, 2.24) is 4.98 Å². The van der Waals surface area contributed by atoms with Crippen LogP contribution in [0.1, 0.15) is 19.2 Å². The molecule has 4 nitrogen and oxygen atoms in total. The van der Waals surface area contributed by atoms with Gasteiger partial charge in [-0.1, -0.05) is 6.92 Å². The van der Waals surface area contributed by atoms with Crippen LogP contribution >= 0.6 is 0 Å². The molecule has 0 saturated heterocycles. The van der Waals surface area contributed by atoms with Gasteiger partial charge in [-0.25, -0.2) is 4.98 Å². The first-order valence-electron chi connectivity index (χ1n) is 6.38. The van der Waals surface area contributed by atoms with Gasteiger partial charge in [-0.2, -0.15) is 0 Å². The average molecular weight is 247 g/mol. The molecule has 0 aliphatic carbocycles. The highest BCUT2D eigenvalue weighted by molar-refractivity contribution is 5.77. The maximum atomic E-state index is 5.58. The molecule has 0 fully saturated rings. The number of oxazole rings is 1. The van der Waals surface area contributed by atoms with Gasteiger partial charge in [0.05, 0.1) is 0 Å². The fourth-order valence-corrected chi connectivity index (χ4v) is 2.22. The van der Waals surface area contributed by atoms with Gasteiger partial charge in [0.25, 0.3) is 0 Å². The van der Waals surface area contributed by atoms with Crippen LogP contribution in [-0.4, -0.2) is 25.1 Å². The monoisotopic (exact) mass is 247 g/mol. The Kier molecular flexibility index (Phi) is 3.87. The molecule has 4 heteroatoms. The van der Waals surface area contributed by atoms with Gasteiger partial charge >= 0.3 is 0 Å². The molecule has 2 aromatic rings. The summed E-state index contributed by atoms with van der Waals surface area (Å²) in [5, 5.41) is 0. The molecule has 1 heterocycles. The third-order valence-corrected chi connectivity index (χ3v) is 3.16. The zero-order valence-electron chi connectivity index (χ0n) is 11.3. The first kappa shape index (κ1) is 12.9. The van der Waals surface area contributed by atoms with Crippen LogP contribution in [0.15, 0.2) is 22.6 Å². The molecular weight excluding hydrogens is 226 g/mol. The zero-order chi connectivity index (χ0) is 13.1. The van der Waals surface area contributed by atoms with Gasteiger partial charge in [0, 0.05) is 26.2 Å². The lowest BCUT2D eigenvalue weighted by molar-refractivity contribution is 0.539. The first-order valence-corrected chi connectivity index (χ1v) is 6.38. The van der Waals surface area contributed by atoms with E-state index < -0.39 is 0 Å². The molecule has 2 rings (SSSR count). The fourth-order valence-electron chi connectivity index (χ4n) is 2.22. The highest BCUT2D eigenvalue weighted by Gasteiger charge is 2.09. The highest BCUT2D eigenvalue weighted by Crippen LogP contribution is 2.22. The lowest BCUT2D eigenvalue weighted by atomic mass is 10.1. The first-order chi connectivity index (χ1) is 8.60. The van der Waals surface area contributed by atoms with Crippen LogP contribution in [0, 0.1) is 12.8 Å². The summed E-state index contributed by atoms with van der Waals surface area (Å²) in [6.07, 6.45) is 1.05. The van der Waals surface area contributed by atoms with Crippen molar-refractivity contribution < 1.29 is 4.42 Å². The number of aryl methyl sites for hydroxylation is 1. The van der Waals surface area contributed by atoms with Crippen molar-refractivity contribution in [2.45, 2.75) is 20.3 Å². The Labute approximate surface area is 108 Å². The number of benzene rings is 1. The molecule has 0 amide bonds. The van der Waals surface area contributed by atoms with Gasteiger partial charge in [-0.3, -0.25) is 0 Å². The summed E-state index contributed by atoms with van der Waals surface area (Å²) >= 11 is 0. The Morgan fingerprint density at radius 1 is 1.44 bits per heavy atom. The van der Waals surface area contributed by atoms with Gasteiger partial charge in [0.2, 0.25) is 0 Å². The summed E-state index contributed by atoms with van der Waals surface area (Å²) in [5.41, 5.74) is 8.51. The minimum atomic E-state index is 0.592. The SMILES string of the molecule is Cc1nc2cc(N(C)CC(C)CCN)ccc2o1. The fraction of sp³-hybridized carbons (Fsp3) is 0.500. The third-order valence-electron chi connectivity index (χ3n) is 3.16. The van der Waals surface area contributed by atoms with Gasteiger partial charge < -0.3 is 15.1 Å². The third kappa shape index (κ3) is 2.82. The maximum Gasteiger partial charge on any atom is 0.192 e. The van der Waals surface area contributed by atoms with E-state index in [0.717, 1.165) is 30.6 Å². The molecule has 98 valence electrons. The molecule has 0 radical (unpaired) electrons. The number of nitrogens with zero attached hydrogens (tertiary/aromatic N) is 2. The Morgan fingerprint density at radius 2 is 2.22 bits per heavy atom. The predicted octanol–water partition coefficient (Wildman–Crippen LogP) is 2.56. The van der Waals surface area contributed by atoms with E-state index in [1.54, 1.807) is 0 Å². The molecule has 1 aromatic heterocycles. The summed E-state index contributed by atoms with van der Waals surface area (Å²) in [6, 6.07) is 6.12. The van der Waals surface area contributed by atoms with Crippen molar-refractivity contribution in [2.75, 3.05) is 25.0 Å². The normalized spacial score (nSPS) is 12.9. The van der Waals surface area contributed by atoms with E-state index in [1.807, 2.05) is 13.0 Å². The van der Waals surface area contributed by atoms with Gasteiger partial charge in [0.15, 0.2) is 11.5 Å². The minimum Gasteiger partial charge on any atom is -0.441 e. The molecule has 0 aliphatic rings. The number of rotatable bonds is 5. The maximum absolute atomic E-state index is 5.58. The summed E-state index contributed by atoms with van der Waals surface area (Å²) < 4.78 is 5.48.